The third kappa shape index (κ3) is 5.40. The van der Waals surface area contributed by atoms with E-state index in [2.05, 4.69) is 49.0 Å². The molecule has 17 heavy (non-hydrogen) atoms. The normalized spacial score (nSPS) is 12.9. The van der Waals surface area contributed by atoms with E-state index in [4.69, 9.17) is 0 Å². The molecule has 0 amide bonds. The van der Waals surface area contributed by atoms with E-state index in [9.17, 15) is 0 Å². The van der Waals surface area contributed by atoms with E-state index < -0.39 is 0 Å². The van der Waals surface area contributed by atoms with Crippen LogP contribution in [0, 0.1) is 0 Å². The number of hydrogen-bond donors (Lipinski definition) is 1. The van der Waals surface area contributed by atoms with Gasteiger partial charge in [0.15, 0.2) is 0 Å². The van der Waals surface area contributed by atoms with Crippen LogP contribution in [0.2, 0.25) is 0 Å². The topological polar surface area (TPSA) is 17.0 Å². The lowest BCUT2D eigenvalue weighted by Crippen LogP contribution is -2.26. The SMILES string of the molecule is CCCCCC(C)NCc1cccn1CCC. The monoisotopic (exact) mass is 236 g/mol. The summed E-state index contributed by atoms with van der Waals surface area (Å²) in [6.45, 7) is 8.91. The Morgan fingerprint density at radius 1 is 1.24 bits per heavy atom. The van der Waals surface area contributed by atoms with Crippen LogP contribution in [0.4, 0.5) is 0 Å². The molecule has 0 spiro atoms. The van der Waals surface area contributed by atoms with Gasteiger partial charge >= 0.3 is 0 Å². The molecule has 0 aliphatic rings. The standard InChI is InChI=1S/C15H28N2/c1-4-6-7-9-14(3)16-13-15-10-8-12-17(15)11-5-2/h8,10,12,14,16H,4-7,9,11,13H2,1-3H3. The van der Waals surface area contributed by atoms with E-state index in [1.165, 1.54) is 37.8 Å². The van der Waals surface area contributed by atoms with E-state index in [1.54, 1.807) is 0 Å². The van der Waals surface area contributed by atoms with Crippen molar-refractivity contribution in [2.24, 2.45) is 0 Å². The molecule has 0 fully saturated rings. The molecule has 1 N–H and O–H groups in total. The van der Waals surface area contributed by atoms with Gasteiger partial charge in [0.25, 0.3) is 0 Å². The minimum Gasteiger partial charge on any atom is -0.350 e. The third-order valence-corrected chi connectivity index (χ3v) is 3.26. The summed E-state index contributed by atoms with van der Waals surface area (Å²) in [6, 6.07) is 5.00. The second-order valence-electron chi connectivity index (χ2n) is 4.97. The number of unbranched alkanes of at least 4 members (excludes halogenated alkanes) is 2. The number of nitrogens with one attached hydrogen (secondary N) is 1. The molecule has 0 aliphatic carbocycles. The number of rotatable bonds is 9. The first kappa shape index (κ1) is 14.3. The van der Waals surface area contributed by atoms with Gasteiger partial charge in [0.05, 0.1) is 0 Å². The Morgan fingerprint density at radius 3 is 2.76 bits per heavy atom. The van der Waals surface area contributed by atoms with Crippen molar-refractivity contribution in [1.29, 1.82) is 0 Å². The highest BCUT2D eigenvalue weighted by molar-refractivity contribution is 5.06. The zero-order valence-corrected chi connectivity index (χ0v) is 11.7. The van der Waals surface area contributed by atoms with Crippen LogP contribution >= 0.6 is 0 Å². The molecule has 0 saturated carbocycles. The Labute approximate surface area is 106 Å². The average molecular weight is 236 g/mol. The van der Waals surface area contributed by atoms with Crippen molar-refractivity contribution in [3.63, 3.8) is 0 Å². The van der Waals surface area contributed by atoms with Crippen molar-refractivity contribution in [2.45, 2.75) is 72.0 Å². The molecule has 1 atom stereocenters. The van der Waals surface area contributed by atoms with Gasteiger partial charge in [0.1, 0.15) is 0 Å². The summed E-state index contributed by atoms with van der Waals surface area (Å²) in [5.74, 6) is 0. The predicted molar refractivity (Wildman–Crippen MR) is 75.2 cm³/mol. The molecule has 98 valence electrons. The third-order valence-electron chi connectivity index (χ3n) is 3.26. The minimum absolute atomic E-state index is 0.631. The number of aryl methyl sites for hydroxylation is 1. The van der Waals surface area contributed by atoms with Crippen LogP contribution in [0.25, 0.3) is 0 Å². The Bertz CT molecular complexity index is 291. The van der Waals surface area contributed by atoms with Gasteiger partial charge in [0.2, 0.25) is 0 Å². The molecule has 1 rings (SSSR count). The fourth-order valence-corrected chi connectivity index (χ4v) is 2.15. The van der Waals surface area contributed by atoms with Gasteiger partial charge in [-0.1, -0.05) is 33.1 Å². The molecule has 0 aliphatic heterocycles. The summed E-state index contributed by atoms with van der Waals surface area (Å²) >= 11 is 0. The second kappa shape index (κ2) is 8.35. The van der Waals surface area contributed by atoms with E-state index in [-0.39, 0.29) is 0 Å². The minimum atomic E-state index is 0.631. The number of hydrogen-bond acceptors (Lipinski definition) is 1. The Kier molecular flexibility index (Phi) is 7.02. The highest BCUT2D eigenvalue weighted by Crippen LogP contribution is 2.06. The summed E-state index contributed by atoms with van der Waals surface area (Å²) in [7, 11) is 0. The summed E-state index contributed by atoms with van der Waals surface area (Å²) in [5.41, 5.74) is 1.41. The summed E-state index contributed by atoms with van der Waals surface area (Å²) in [4.78, 5) is 0. The summed E-state index contributed by atoms with van der Waals surface area (Å²) in [6.07, 6.45) is 8.70. The van der Waals surface area contributed by atoms with Gasteiger partial charge in [-0.25, -0.2) is 0 Å². The lowest BCUT2D eigenvalue weighted by Gasteiger charge is -2.15. The van der Waals surface area contributed by atoms with Crippen LogP contribution in [0.15, 0.2) is 18.3 Å². The first-order valence-corrected chi connectivity index (χ1v) is 7.15. The number of aromatic nitrogens is 1. The lowest BCUT2D eigenvalue weighted by atomic mass is 10.1. The maximum atomic E-state index is 3.62. The molecule has 2 heteroatoms. The maximum absolute atomic E-state index is 3.62. The van der Waals surface area contributed by atoms with Crippen LogP contribution in [0.5, 0.6) is 0 Å². The molecule has 2 nitrogen and oxygen atoms in total. The Hall–Kier alpha value is -0.760. The molecule has 0 saturated heterocycles. The van der Waals surface area contributed by atoms with Gasteiger partial charge in [-0.05, 0) is 31.9 Å². The molecular weight excluding hydrogens is 208 g/mol. The second-order valence-corrected chi connectivity index (χ2v) is 4.97. The highest BCUT2D eigenvalue weighted by Gasteiger charge is 2.03. The lowest BCUT2D eigenvalue weighted by molar-refractivity contribution is 0.475. The van der Waals surface area contributed by atoms with Crippen LogP contribution < -0.4 is 5.32 Å². The van der Waals surface area contributed by atoms with E-state index in [0.29, 0.717) is 6.04 Å². The van der Waals surface area contributed by atoms with Crippen LogP contribution in [0.3, 0.4) is 0 Å². The van der Waals surface area contributed by atoms with E-state index >= 15 is 0 Å². The molecule has 1 unspecified atom stereocenters. The molecular formula is C15H28N2. The molecule has 1 heterocycles. The molecule has 1 aromatic heterocycles. The van der Waals surface area contributed by atoms with Crippen molar-refractivity contribution in [1.82, 2.24) is 9.88 Å². The quantitative estimate of drug-likeness (QED) is 0.642. The van der Waals surface area contributed by atoms with Gasteiger partial charge in [-0.2, -0.15) is 0 Å². The maximum Gasteiger partial charge on any atom is 0.0361 e. The smallest absolute Gasteiger partial charge is 0.0361 e. The zero-order valence-electron chi connectivity index (χ0n) is 11.7. The first-order valence-electron chi connectivity index (χ1n) is 7.15. The van der Waals surface area contributed by atoms with E-state index in [0.717, 1.165) is 13.1 Å². The van der Waals surface area contributed by atoms with Gasteiger partial charge in [0, 0.05) is 31.0 Å². The summed E-state index contributed by atoms with van der Waals surface area (Å²) < 4.78 is 2.35. The highest BCUT2D eigenvalue weighted by atomic mass is 15.0. The largest absolute Gasteiger partial charge is 0.350 e. The van der Waals surface area contributed by atoms with Gasteiger partial charge in [-0.15, -0.1) is 0 Å². The van der Waals surface area contributed by atoms with E-state index in [1.807, 2.05) is 0 Å². The molecule has 0 aromatic carbocycles. The summed E-state index contributed by atoms with van der Waals surface area (Å²) in [5, 5.41) is 3.62. The zero-order chi connectivity index (χ0) is 12.5. The first-order chi connectivity index (χ1) is 8.27. The van der Waals surface area contributed by atoms with Gasteiger partial charge in [-0.3, -0.25) is 0 Å². The van der Waals surface area contributed by atoms with Crippen LogP contribution in [-0.4, -0.2) is 10.6 Å². The molecule has 0 bridgehead atoms. The fourth-order valence-electron chi connectivity index (χ4n) is 2.15. The molecule has 1 aromatic rings. The van der Waals surface area contributed by atoms with Crippen molar-refractivity contribution in [2.75, 3.05) is 0 Å². The van der Waals surface area contributed by atoms with Crippen molar-refractivity contribution < 1.29 is 0 Å². The van der Waals surface area contributed by atoms with Crippen LogP contribution in [0.1, 0.15) is 58.6 Å². The molecule has 0 radical (unpaired) electrons. The van der Waals surface area contributed by atoms with Crippen molar-refractivity contribution in [3.8, 4) is 0 Å². The van der Waals surface area contributed by atoms with Crippen molar-refractivity contribution in [3.05, 3.63) is 24.0 Å². The van der Waals surface area contributed by atoms with Gasteiger partial charge < -0.3 is 9.88 Å². The Morgan fingerprint density at radius 2 is 2.06 bits per heavy atom. The Balaban J connectivity index is 2.26. The van der Waals surface area contributed by atoms with Crippen molar-refractivity contribution >= 4 is 0 Å². The van der Waals surface area contributed by atoms with Crippen LogP contribution in [-0.2, 0) is 13.1 Å². The predicted octanol–water partition coefficient (Wildman–Crippen LogP) is 3.96. The average Bonchev–Trinajstić information content (AvgIpc) is 2.75. The fraction of sp³-hybridized carbons (Fsp3) is 0.733. The number of nitrogens with zero attached hydrogens (tertiary/aromatic N) is 1.